The highest BCUT2D eigenvalue weighted by Gasteiger charge is 2.28. The highest BCUT2D eigenvalue weighted by molar-refractivity contribution is 7.93. The Labute approximate surface area is 209 Å². The van der Waals surface area contributed by atoms with Gasteiger partial charge in [0.15, 0.2) is 5.82 Å². The molecule has 0 saturated heterocycles. The molecule has 4 rings (SSSR count). The second-order valence-electron chi connectivity index (χ2n) is 8.28. The number of sulfonamides is 1. The van der Waals surface area contributed by atoms with Gasteiger partial charge >= 0.3 is 0 Å². The number of anilines is 1. The van der Waals surface area contributed by atoms with Gasteiger partial charge < -0.3 is 9.47 Å². The zero-order valence-corrected chi connectivity index (χ0v) is 21.4. The van der Waals surface area contributed by atoms with E-state index < -0.39 is 15.3 Å². The fourth-order valence-electron chi connectivity index (χ4n) is 3.60. The SMILES string of the molecule is COc1cccc(OC)c1-n1c(NS(=O)(=O)[C@@H](C)Cc2ncc(C)cn2)nnc1-c1cncc(C)c1. The Kier molecular flexibility index (Phi) is 7.15. The minimum atomic E-state index is -3.92. The van der Waals surface area contributed by atoms with Crippen LogP contribution in [0.4, 0.5) is 5.95 Å². The summed E-state index contributed by atoms with van der Waals surface area (Å²) in [5.41, 5.74) is 2.88. The first-order chi connectivity index (χ1) is 17.2. The van der Waals surface area contributed by atoms with Crippen molar-refractivity contribution in [1.29, 1.82) is 0 Å². The monoisotopic (exact) mass is 509 g/mol. The van der Waals surface area contributed by atoms with Gasteiger partial charge in [-0.05, 0) is 50.1 Å². The lowest BCUT2D eigenvalue weighted by molar-refractivity contribution is 0.391. The van der Waals surface area contributed by atoms with E-state index in [9.17, 15) is 8.42 Å². The number of aryl methyl sites for hydroxylation is 2. The Morgan fingerprint density at radius 1 is 0.972 bits per heavy atom. The fraction of sp³-hybridized carbons (Fsp3) is 0.292. The third kappa shape index (κ3) is 5.13. The Hall–Kier alpha value is -4.06. The van der Waals surface area contributed by atoms with Crippen molar-refractivity contribution in [2.45, 2.75) is 32.4 Å². The van der Waals surface area contributed by atoms with Crippen LogP contribution in [0.1, 0.15) is 23.9 Å². The highest BCUT2D eigenvalue weighted by atomic mass is 32.2. The first-order valence-electron chi connectivity index (χ1n) is 11.1. The second-order valence-corrected chi connectivity index (χ2v) is 10.4. The molecule has 12 heteroatoms. The highest BCUT2D eigenvalue weighted by Crippen LogP contribution is 2.37. The summed E-state index contributed by atoms with van der Waals surface area (Å²) in [6.07, 6.45) is 6.78. The standard InChI is InChI=1S/C24H27N7O4S/c1-15-9-18(14-25-11-15)23-28-29-24(31(23)22-19(34-4)7-6-8-20(22)35-5)30-36(32,33)17(3)10-21-26-12-16(2)13-27-21/h6-9,11-14,17H,10H2,1-5H3,(H,29,30)/t17-/m0/s1. The number of hydrogen-bond donors (Lipinski definition) is 1. The fourth-order valence-corrected chi connectivity index (χ4v) is 4.55. The molecule has 1 aromatic carbocycles. The topological polar surface area (TPSA) is 134 Å². The Balaban J connectivity index is 1.81. The van der Waals surface area contributed by atoms with Crippen LogP contribution in [0.15, 0.2) is 49.1 Å². The van der Waals surface area contributed by atoms with E-state index in [1.165, 1.54) is 14.2 Å². The van der Waals surface area contributed by atoms with E-state index in [4.69, 9.17) is 9.47 Å². The summed E-state index contributed by atoms with van der Waals surface area (Å²) in [5.74, 6) is 1.65. The van der Waals surface area contributed by atoms with Crippen LogP contribution >= 0.6 is 0 Å². The van der Waals surface area contributed by atoms with E-state index in [-0.39, 0.29) is 12.4 Å². The molecule has 0 radical (unpaired) electrons. The normalized spacial score (nSPS) is 12.2. The maximum atomic E-state index is 13.3. The van der Waals surface area contributed by atoms with E-state index in [1.807, 2.05) is 19.9 Å². The van der Waals surface area contributed by atoms with Crippen LogP contribution in [0.2, 0.25) is 0 Å². The summed E-state index contributed by atoms with van der Waals surface area (Å²) in [6.45, 7) is 5.35. The van der Waals surface area contributed by atoms with Crippen molar-refractivity contribution in [1.82, 2.24) is 29.7 Å². The number of hydrogen-bond acceptors (Lipinski definition) is 9. The number of ether oxygens (including phenoxy) is 2. The quantitative estimate of drug-likeness (QED) is 0.361. The van der Waals surface area contributed by atoms with Crippen LogP contribution in [0.5, 0.6) is 11.5 Å². The molecule has 3 aromatic heterocycles. The Morgan fingerprint density at radius 2 is 1.64 bits per heavy atom. The summed E-state index contributed by atoms with van der Waals surface area (Å²) in [4.78, 5) is 12.7. The van der Waals surface area contributed by atoms with E-state index in [0.29, 0.717) is 34.4 Å². The van der Waals surface area contributed by atoms with Crippen molar-refractivity contribution in [2.24, 2.45) is 0 Å². The molecule has 1 atom stereocenters. The molecule has 0 unspecified atom stereocenters. The molecule has 1 N–H and O–H groups in total. The minimum Gasteiger partial charge on any atom is -0.494 e. The minimum absolute atomic E-state index is 0.0222. The third-order valence-corrected chi connectivity index (χ3v) is 7.18. The van der Waals surface area contributed by atoms with E-state index in [1.54, 1.807) is 54.5 Å². The smallest absolute Gasteiger partial charge is 0.243 e. The van der Waals surface area contributed by atoms with Gasteiger partial charge in [-0.25, -0.2) is 18.4 Å². The van der Waals surface area contributed by atoms with Crippen molar-refractivity contribution in [2.75, 3.05) is 18.9 Å². The number of aromatic nitrogens is 6. The zero-order chi connectivity index (χ0) is 25.9. The Morgan fingerprint density at radius 3 is 2.25 bits per heavy atom. The maximum absolute atomic E-state index is 13.3. The molecule has 0 aliphatic rings. The molecule has 0 bridgehead atoms. The zero-order valence-electron chi connectivity index (χ0n) is 20.6. The molecule has 0 amide bonds. The molecule has 4 aromatic rings. The van der Waals surface area contributed by atoms with Crippen LogP contribution in [0, 0.1) is 13.8 Å². The first kappa shape index (κ1) is 25.0. The van der Waals surface area contributed by atoms with Crippen molar-refractivity contribution >= 4 is 16.0 Å². The van der Waals surface area contributed by atoms with Crippen molar-refractivity contribution in [3.63, 3.8) is 0 Å². The molecule has 0 aliphatic heterocycles. The molecule has 3 heterocycles. The van der Waals surface area contributed by atoms with Gasteiger partial charge in [0.25, 0.3) is 0 Å². The number of pyridine rings is 1. The van der Waals surface area contributed by atoms with Gasteiger partial charge in [0, 0.05) is 36.8 Å². The van der Waals surface area contributed by atoms with Crippen LogP contribution in [-0.2, 0) is 16.4 Å². The first-order valence-corrected chi connectivity index (χ1v) is 12.7. The van der Waals surface area contributed by atoms with Gasteiger partial charge in [0.1, 0.15) is 23.0 Å². The van der Waals surface area contributed by atoms with Gasteiger partial charge in [-0.2, -0.15) is 0 Å². The van der Waals surface area contributed by atoms with Gasteiger partial charge in [-0.3, -0.25) is 14.3 Å². The number of nitrogens with zero attached hydrogens (tertiary/aromatic N) is 6. The van der Waals surface area contributed by atoms with Crippen molar-refractivity contribution in [3.05, 3.63) is 66.0 Å². The third-order valence-electron chi connectivity index (χ3n) is 5.49. The molecule has 11 nitrogen and oxygen atoms in total. The van der Waals surface area contributed by atoms with Crippen LogP contribution < -0.4 is 14.2 Å². The lowest BCUT2D eigenvalue weighted by atomic mass is 10.2. The van der Waals surface area contributed by atoms with Gasteiger partial charge in [-0.15, -0.1) is 10.2 Å². The van der Waals surface area contributed by atoms with E-state index in [0.717, 1.165) is 11.1 Å². The van der Waals surface area contributed by atoms with E-state index in [2.05, 4.69) is 29.9 Å². The van der Waals surface area contributed by atoms with Crippen LogP contribution in [0.3, 0.4) is 0 Å². The molecule has 36 heavy (non-hydrogen) atoms. The second kappa shape index (κ2) is 10.3. The summed E-state index contributed by atoms with van der Waals surface area (Å²) in [7, 11) is -0.883. The van der Waals surface area contributed by atoms with Crippen molar-refractivity contribution in [3.8, 4) is 28.6 Å². The molecule has 0 saturated carbocycles. The Bertz CT molecular complexity index is 1450. The number of para-hydroxylation sites is 1. The lowest BCUT2D eigenvalue weighted by Crippen LogP contribution is -2.29. The average Bonchev–Trinajstić information content (AvgIpc) is 3.27. The number of benzene rings is 1. The number of nitrogens with one attached hydrogen (secondary N) is 1. The molecule has 0 fully saturated rings. The maximum Gasteiger partial charge on any atom is 0.243 e. The van der Waals surface area contributed by atoms with Crippen LogP contribution in [-0.4, -0.2) is 57.6 Å². The van der Waals surface area contributed by atoms with Gasteiger partial charge in [-0.1, -0.05) is 6.07 Å². The van der Waals surface area contributed by atoms with Crippen LogP contribution in [0.25, 0.3) is 17.1 Å². The number of rotatable bonds is 9. The summed E-state index contributed by atoms with van der Waals surface area (Å²) >= 11 is 0. The molecular formula is C24H27N7O4S. The van der Waals surface area contributed by atoms with Gasteiger partial charge in [0.05, 0.1) is 19.5 Å². The summed E-state index contributed by atoms with van der Waals surface area (Å²) in [5, 5.41) is 7.64. The van der Waals surface area contributed by atoms with Crippen molar-refractivity contribution < 1.29 is 17.9 Å². The average molecular weight is 510 g/mol. The molecular weight excluding hydrogens is 482 g/mol. The number of methoxy groups -OCH3 is 2. The van der Waals surface area contributed by atoms with E-state index >= 15 is 0 Å². The summed E-state index contributed by atoms with van der Waals surface area (Å²) in [6, 6.07) is 7.13. The molecule has 0 aliphatic carbocycles. The largest absolute Gasteiger partial charge is 0.494 e. The summed E-state index contributed by atoms with van der Waals surface area (Å²) < 4.78 is 42.0. The lowest BCUT2D eigenvalue weighted by Gasteiger charge is -2.19. The van der Waals surface area contributed by atoms with Gasteiger partial charge in [0.2, 0.25) is 16.0 Å². The molecule has 0 spiro atoms. The predicted molar refractivity (Wildman–Crippen MR) is 135 cm³/mol. The molecule has 188 valence electrons. The predicted octanol–water partition coefficient (Wildman–Crippen LogP) is 3.13.